The van der Waals surface area contributed by atoms with Crippen LogP contribution in [0.15, 0.2) is 16.6 Å². The highest BCUT2D eigenvalue weighted by Gasteiger charge is 2.20. The van der Waals surface area contributed by atoms with E-state index in [2.05, 4.69) is 31.9 Å². The highest BCUT2D eigenvalue weighted by Crippen LogP contribution is 2.35. The van der Waals surface area contributed by atoms with Crippen molar-refractivity contribution >= 4 is 37.5 Å². The third kappa shape index (κ3) is 3.41. The molecule has 0 amide bonds. The zero-order valence-electron chi connectivity index (χ0n) is 8.08. The molecule has 0 spiro atoms. The third-order valence-electron chi connectivity index (χ3n) is 1.71. The summed E-state index contributed by atoms with van der Waals surface area (Å²) in [7, 11) is 0. The van der Waals surface area contributed by atoms with Gasteiger partial charge in [0.25, 0.3) is 0 Å². The number of nitrogens with zero attached hydrogens (tertiary/aromatic N) is 1. The molecule has 0 aliphatic heterocycles. The average Bonchev–Trinajstić information content (AvgIpc) is 2.20. The number of ether oxygens (including phenoxy) is 1. The molecule has 0 fully saturated rings. The quantitative estimate of drug-likeness (QED) is 0.350. The monoisotopic (exact) mass is 355 g/mol. The van der Waals surface area contributed by atoms with Crippen LogP contribution in [0.1, 0.15) is 6.42 Å². The first kappa shape index (κ1) is 13.4. The van der Waals surface area contributed by atoms with Gasteiger partial charge in [0.1, 0.15) is 5.82 Å². The van der Waals surface area contributed by atoms with Gasteiger partial charge in [0.15, 0.2) is 0 Å². The molecule has 7 heteroatoms. The van der Waals surface area contributed by atoms with Gasteiger partial charge in [-0.2, -0.15) is 0 Å². The second kappa shape index (κ2) is 6.15. The number of nitro groups is 1. The summed E-state index contributed by atoms with van der Waals surface area (Å²) in [6.07, 6.45) is 0.709. The van der Waals surface area contributed by atoms with E-state index in [9.17, 15) is 14.5 Å². The minimum atomic E-state index is -0.675. The highest BCUT2D eigenvalue weighted by molar-refractivity contribution is 9.10. The Bertz CT molecular complexity index is 401. The normalized spacial score (nSPS) is 10.2. The predicted molar refractivity (Wildman–Crippen MR) is 64.7 cm³/mol. The number of nitro benzene ring substituents is 1. The standard InChI is InChI=1S/C9H8Br2FNO3/c10-2-1-3-16-9-7(11)4-6(12)5-8(9)13(14)15/h4-5H,1-3H2. The second-order valence-electron chi connectivity index (χ2n) is 2.88. The van der Waals surface area contributed by atoms with Gasteiger partial charge in [-0.15, -0.1) is 0 Å². The molecule has 88 valence electrons. The molecule has 16 heavy (non-hydrogen) atoms. The molecule has 1 aromatic rings. The van der Waals surface area contributed by atoms with Gasteiger partial charge in [-0.3, -0.25) is 10.1 Å². The van der Waals surface area contributed by atoms with E-state index in [4.69, 9.17) is 4.74 Å². The SMILES string of the molecule is O=[N+]([O-])c1cc(F)cc(Br)c1OCCCBr. The van der Waals surface area contributed by atoms with Crippen LogP contribution in [0.5, 0.6) is 5.75 Å². The van der Waals surface area contributed by atoms with E-state index in [0.717, 1.165) is 17.5 Å². The van der Waals surface area contributed by atoms with Crippen molar-refractivity contribution in [1.82, 2.24) is 0 Å². The van der Waals surface area contributed by atoms with Crippen LogP contribution in [0.25, 0.3) is 0 Å². The third-order valence-corrected chi connectivity index (χ3v) is 2.86. The van der Waals surface area contributed by atoms with Crippen LogP contribution in [0.2, 0.25) is 0 Å². The Morgan fingerprint density at radius 1 is 1.50 bits per heavy atom. The Hall–Kier alpha value is -0.690. The Labute approximate surface area is 108 Å². The number of hydrogen-bond donors (Lipinski definition) is 0. The molecular formula is C9H8Br2FNO3. The van der Waals surface area contributed by atoms with Gasteiger partial charge in [0.05, 0.1) is 22.1 Å². The Kier molecular flexibility index (Phi) is 5.14. The predicted octanol–water partition coefficient (Wildman–Crippen LogP) is 3.66. The summed E-state index contributed by atoms with van der Waals surface area (Å²) in [6, 6.07) is 1.98. The summed E-state index contributed by atoms with van der Waals surface area (Å²) < 4.78 is 18.4. The molecule has 0 aromatic heterocycles. The van der Waals surface area contributed by atoms with Crippen LogP contribution in [-0.4, -0.2) is 16.9 Å². The van der Waals surface area contributed by atoms with Crippen LogP contribution in [0, 0.1) is 15.9 Å². The van der Waals surface area contributed by atoms with Crippen molar-refractivity contribution in [2.45, 2.75) is 6.42 Å². The van der Waals surface area contributed by atoms with E-state index >= 15 is 0 Å². The van der Waals surface area contributed by atoms with E-state index in [1.165, 1.54) is 0 Å². The highest BCUT2D eigenvalue weighted by atomic mass is 79.9. The van der Waals surface area contributed by atoms with Crippen LogP contribution in [-0.2, 0) is 0 Å². The molecule has 0 heterocycles. The summed E-state index contributed by atoms with van der Waals surface area (Å²) in [5.41, 5.74) is -0.374. The van der Waals surface area contributed by atoms with Crippen molar-refractivity contribution in [3.8, 4) is 5.75 Å². The summed E-state index contributed by atoms with van der Waals surface area (Å²) in [4.78, 5) is 10.0. The molecule has 0 N–H and O–H groups in total. The smallest absolute Gasteiger partial charge is 0.315 e. The van der Waals surface area contributed by atoms with Crippen molar-refractivity contribution in [3.05, 3.63) is 32.5 Å². The number of halogens is 3. The average molecular weight is 357 g/mol. The molecule has 4 nitrogen and oxygen atoms in total. The van der Waals surface area contributed by atoms with Crippen LogP contribution in [0.3, 0.4) is 0 Å². The molecule has 0 aliphatic rings. The first-order valence-electron chi connectivity index (χ1n) is 4.38. The molecule has 1 aromatic carbocycles. The minimum Gasteiger partial charge on any atom is -0.486 e. The van der Waals surface area contributed by atoms with Gasteiger partial charge in [0, 0.05) is 5.33 Å². The van der Waals surface area contributed by atoms with E-state index in [-0.39, 0.29) is 15.9 Å². The van der Waals surface area contributed by atoms with Gasteiger partial charge in [-0.25, -0.2) is 4.39 Å². The fourth-order valence-corrected chi connectivity index (χ4v) is 1.82. The molecule has 0 saturated carbocycles. The lowest BCUT2D eigenvalue weighted by atomic mass is 10.3. The zero-order valence-corrected chi connectivity index (χ0v) is 11.3. The molecule has 0 aliphatic carbocycles. The van der Waals surface area contributed by atoms with Gasteiger partial charge >= 0.3 is 5.69 Å². The Balaban J connectivity index is 2.99. The topological polar surface area (TPSA) is 52.4 Å². The summed E-state index contributed by atoms with van der Waals surface area (Å²) in [5.74, 6) is -0.612. The van der Waals surface area contributed by atoms with Gasteiger partial charge in [0.2, 0.25) is 5.75 Å². The first-order chi connectivity index (χ1) is 7.56. The molecule has 0 bridgehead atoms. The van der Waals surface area contributed by atoms with Crippen molar-refractivity contribution in [2.24, 2.45) is 0 Å². The number of benzene rings is 1. The van der Waals surface area contributed by atoms with Crippen molar-refractivity contribution in [1.29, 1.82) is 0 Å². The van der Waals surface area contributed by atoms with E-state index in [1.807, 2.05) is 0 Å². The lowest BCUT2D eigenvalue weighted by molar-refractivity contribution is -0.386. The van der Waals surface area contributed by atoms with Crippen LogP contribution < -0.4 is 4.74 Å². The number of alkyl halides is 1. The summed E-state index contributed by atoms with van der Waals surface area (Å²) in [6.45, 7) is 0.330. The lowest BCUT2D eigenvalue weighted by Gasteiger charge is -2.07. The zero-order chi connectivity index (χ0) is 12.1. The second-order valence-corrected chi connectivity index (χ2v) is 4.53. The van der Waals surface area contributed by atoms with Gasteiger partial charge < -0.3 is 4.74 Å². The molecule has 0 radical (unpaired) electrons. The maximum atomic E-state index is 13.0. The Morgan fingerprint density at radius 3 is 2.75 bits per heavy atom. The fourth-order valence-electron chi connectivity index (χ4n) is 1.05. The van der Waals surface area contributed by atoms with Crippen molar-refractivity contribution in [3.63, 3.8) is 0 Å². The van der Waals surface area contributed by atoms with Crippen molar-refractivity contribution < 1.29 is 14.1 Å². The minimum absolute atomic E-state index is 0.0624. The van der Waals surface area contributed by atoms with Crippen LogP contribution >= 0.6 is 31.9 Å². The molecule has 0 unspecified atom stereocenters. The lowest BCUT2D eigenvalue weighted by Crippen LogP contribution is -2.02. The number of hydrogen-bond acceptors (Lipinski definition) is 3. The maximum Gasteiger partial charge on any atom is 0.315 e. The Morgan fingerprint density at radius 2 is 2.19 bits per heavy atom. The van der Waals surface area contributed by atoms with Gasteiger partial charge in [-0.1, -0.05) is 15.9 Å². The molecule has 1 rings (SSSR count). The van der Waals surface area contributed by atoms with E-state index in [0.29, 0.717) is 13.0 Å². The molecular weight excluding hydrogens is 349 g/mol. The van der Waals surface area contributed by atoms with Crippen LogP contribution in [0.4, 0.5) is 10.1 Å². The largest absolute Gasteiger partial charge is 0.486 e. The fraction of sp³-hybridized carbons (Fsp3) is 0.333. The molecule has 0 atom stereocenters. The van der Waals surface area contributed by atoms with E-state index in [1.54, 1.807) is 0 Å². The maximum absolute atomic E-state index is 13.0. The first-order valence-corrected chi connectivity index (χ1v) is 6.30. The summed E-state index contributed by atoms with van der Waals surface area (Å²) >= 11 is 6.25. The van der Waals surface area contributed by atoms with Gasteiger partial charge in [-0.05, 0) is 28.4 Å². The number of rotatable bonds is 5. The van der Waals surface area contributed by atoms with E-state index < -0.39 is 10.7 Å². The summed E-state index contributed by atoms with van der Waals surface area (Å²) in [5, 5.41) is 11.4. The van der Waals surface area contributed by atoms with Crippen molar-refractivity contribution in [2.75, 3.05) is 11.9 Å². The molecule has 0 saturated heterocycles.